The summed E-state index contributed by atoms with van der Waals surface area (Å²) in [4.78, 5) is 9.84. The van der Waals surface area contributed by atoms with E-state index < -0.39 is 0 Å². The molecular weight excluding hydrogens is 462 g/mol. The Bertz CT molecular complexity index is 1240. The normalized spacial score (nSPS) is 14.7. The molecule has 37 heavy (non-hydrogen) atoms. The highest BCUT2D eigenvalue weighted by atomic mass is 16.5. The number of allylic oxidation sites excluding steroid dienone is 6. The number of nitrogens with one attached hydrogen (secondary N) is 2. The van der Waals surface area contributed by atoms with Gasteiger partial charge in [-0.15, -0.1) is 0 Å². The third-order valence-corrected chi connectivity index (χ3v) is 6.42. The molecule has 0 aliphatic carbocycles. The largest absolute Gasteiger partial charge is 0.498 e. The molecule has 0 aromatic carbocycles. The maximum absolute atomic E-state index is 5.96. The Labute approximate surface area is 222 Å². The van der Waals surface area contributed by atoms with Gasteiger partial charge in [0, 0.05) is 17.3 Å². The number of aryl methyl sites for hydroxylation is 1. The Morgan fingerprint density at radius 1 is 1.24 bits per heavy atom. The lowest BCUT2D eigenvalue weighted by Crippen LogP contribution is -2.28. The van der Waals surface area contributed by atoms with Crippen LogP contribution in [0.4, 0.5) is 5.69 Å². The summed E-state index contributed by atoms with van der Waals surface area (Å²) in [5, 5.41) is 6.93. The van der Waals surface area contributed by atoms with Gasteiger partial charge in [-0.2, -0.15) is 0 Å². The fourth-order valence-corrected chi connectivity index (χ4v) is 4.71. The van der Waals surface area contributed by atoms with Crippen LogP contribution in [0.15, 0.2) is 53.2 Å². The first-order chi connectivity index (χ1) is 17.9. The molecule has 0 radical (unpaired) electrons. The van der Waals surface area contributed by atoms with E-state index in [1.807, 2.05) is 13.8 Å². The maximum atomic E-state index is 5.96. The third kappa shape index (κ3) is 6.45. The molecule has 7 nitrogen and oxygen atoms in total. The van der Waals surface area contributed by atoms with Crippen molar-refractivity contribution in [3.05, 3.63) is 65.2 Å². The number of fused-ring (bicyclic) bond motifs is 1. The van der Waals surface area contributed by atoms with Crippen LogP contribution >= 0.6 is 0 Å². The molecule has 0 unspecified atom stereocenters. The maximum Gasteiger partial charge on any atom is 0.229 e. The van der Waals surface area contributed by atoms with E-state index in [2.05, 4.69) is 85.2 Å². The first kappa shape index (κ1) is 28.1. The van der Waals surface area contributed by atoms with Gasteiger partial charge in [0.1, 0.15) is 5.76 Å². The lowest BCUT2D eigenvalue weighted by atomic mass is 10.1. The van der Waals surface area contributed by atoms with Gasteiger partial charge >= 0.3 is 0 Å². The number of rotatable bonds is 12. The van der Waals surface area contributed by atoms with Crippen molar-refractivity contribution in [2.45, 2.75) is 67.3 Å². The monoisotopic (exact) mass is 505 g/mol. The predicted octanol–water partition coefficient (Wildman–Crippen LogP) is 6.68. The second kappa shape index (κ2) is 13.2. The second-order valence-electron chi connectivity index (χ2n) is 9.34. The van der Waals surface area contributed by atoms with Gasteiger partial charge in [-0.1, -0.05) is 32.1 Å². The minimum Gasteiger partial charge on any atom is -0.498 e. The summed E-state index contributed by atoms with van der Waals surface area (Å²) < 4.78 is 13.7. The zero-order chi connectivity index (χ0) is 26.9. The Morgan fingerprint density at radius 3 is 2.68 bits per heavy atom. The van der Waals surface area contributed by atoms with Crippen LogP contribution in [0.3, 0.4) is 0 Å². The minimum absolute atomic E-state index is 0.301. The number of hydrogen-bond acceptors (Lipinski definition) is 6. The van der Waals surface area contributed by atoms with Crippen LogP contribution in [0.1, 0.15) is 71.0 Å². The van der Waals surface area contributed by atoms with Crippen molar-refractivity contribution >= 4 is 28.0 Å². The van der Waals surface area contributed by atoms with E-state index in [0.717, 1.165) is 52.3 Å². The van der Waals surface area contributed by atoms with E-state index in [1.165, 1.54) is 11.3 Å². The second-order valence-corrected chi connectivity index (χ2v) is 9.34. The molecule has 0 saturated heterocycles. The van der Waals surface area contributed by atoms with Gasteiger partial charge in [-0.25, -0.2) is 9.98 Å². The van der Waals surface area contributed by atoms with Crippen LogP contribution < -0.4 is 10.6 Å². The van der Waals surface area contributed by atoms with Crippen molar-refractivity contribution in [3.63, 3.8) is 0 Å². The Hall–Kier alpha value is -3.48. The van der Waals surface area contributed by atoms with Gasteiger partial charge in [0.25, 0.3) is 0 Å². The van der Waals surface area contributed by atoms with E-state index in [9.17, 15) is 0 Å². The summed E-state index contributed by atoms with van der Waals surface area (Å²) in [6, 6.07) is 2.45. The van der Waals surface area contributed by atoms with E-state index in [4.69, 9.17) is 14.5 Å². The van der Waals surface area contributed by atoms with Gasteiger partial charge in [-0.05, 0) is 65.2 Å². The summed E-state index contributed by atoms with van der Waals surface area (Å²) in [5.41, 5.74) is 8.56. The van der Waals surface area contributed by atoms with Crippen molar-refractivity contribution in [2.24, 2.45) is 4.99 Å². The van der Waals surface area contributed by atoms with Crippen LogP contribution in [-0.4, -0.2) is 42.1 Å². The SMILES string of the molecule is CC/C=C/C=C\C(=C(/C)OCC)c1cc(NCC2=NC(OC)=CNC2)c2c(n1)c(C)c(CC)n2C(C)C. The average Bonchev–Trinajstić information content (AvgIpc) is 3.19. The Kier molecular flexibility index (Phi) is 10.0. The lowest BCUT2D eigenvalue weighted by molar-refractivity contribution is 0.233. The average molecular weight is 506 g/mol. The molecule has 1 aliphatic rings. The van der Waals surface area contributed by atoms with Crippen LogP contribution in [0.5, 0.6) is 0 Å². The van der Waals surface area contributed by atoms with Crippen LogP contribution in [0, 0.1) is 6.92 Å². The number of methoxy groups -OCH3 is 1. The number of nitrogens with zero attached hydrogens (tertiary/aromatic N) is 3. The molecule has 3 heterocycles. The van der Waals surface area contributed by atoms with Crippen LogP contribution in [-0.2, 0) is 15.9 Å². The Morgan fingerprint density at radius 2 is 2.03 bits per heavy atom. The van der Waals surface area contributed by atoms with Gasteiger partial charge in [0.15, 0.2) is 0 Å². The molecule has 0 fully saturated rings. The molecule has 3 rings (SSSR count). The van der Waals surface area contributed by atoms with Gasteiger partial charge < -0.3 is 24.7 Å². The quantitative estimate of drug-likeness (QED) is 0.249. The van der Waals surface area contributed by atoms with E-state index in [1.54, 1.807) is 13.3 Å². The van der Waals surface area contributed by atoms with E-state index >= 15 is 0 Å². The van der Waals surface area contributed by atoms with E-state index in [0.29, 0.717) is 31.6 Å². The lowest BCUT2D eigenvalue weighted by Gasteiger charge is -2.19. The first-order valence-corrected chi connectivity index (χ1v) is 13.4. The molecule has 0 atom stereocenters. The molecule has 0 amide bonds. The van der Waals surface area contributed by atoms with Gasteiger partial charge in [0.2, 0.25) is 5.88 Å². The Balaban J connectivity index is 2.21. The van der Waals surface area contributed by atoms with Crippen LogP contribution in [0.2, 0.25) is 0 Å². The molecular formula is C30H43N5O2. The molecule has 0 saturated carbocycles. The highest BCUT2D eigenvalue weighted by molar-refractivity contribution is 5.98. The molecule has 2 aromatic heterocycles. The molecule has 1 aliphatic heterocycles. The summed E-state index contributed by atoms with van der Waals surface area (Å²) in [7, 11) is 1.63. The molecule has 200 valence electrons. The van der Waals surface area contributed by atoms with E-state index in [-0.39, 0.29) is 0 Å². The molecule has 0 bridgehead atoms. The first-order valence-electron chi connectivity index (χ1n) is 13.4. The topological polar surface area (TPSA) is 72.7 Å². The molecule has 2 aromatic rings. The number of pyridine rings is 1. The number of ether oxygens (including phenoxy) is 2. The standard InChI is InChI=1S/C30H43N5O2/c1-9-12-13-14-15-24(22(7)37-11-3)25-16-26(32-18-23-17-31-19-28(33-23)36-8)30-29(34-25)21(6)27(10-2)35(30)20(4)5/h12-16,19-20,31H,9-11,17-18H2,1-8H3,(H,32,34)/b13-12+,15-14-,24-22-. The zero-order valence-corrected chi connectivity index (χ0v) is 23.7. The number of hydrogen-bond donors (Lipinski definition) is 2. The van der Waals surface area contributed by atoms with Crippen molar-refractivity contribution in [1.82, 2.24) is 14.9 Å². The number of aliphatic imine (C=N–C) groups is 1. The summed E-state index contributed by atoms with van der Waals surface area (Å²) in [6.45, 7) is 16.9. The fourth-order valence-electron chi connectivity index (χ4n) is 4.71. The summed E-state index contributed by atoms with van der Waals surface area (Å²) >= 11 is 0. The van der Waals surface area contributed by atoms with Crippen molar-refractivity contribution in [1.29, 1.82) is 0 Å². The summed E-state index contributed by atoms with van der Waals surface area (Å²) in [6.07, 6.45) is 12.1. The molecule has 7 heteroatoms. The highest BCUT2D eigenvalue weighted by Gasteiger charge is 2.22. The van der Waals surface area contributed by atoms with Crippen LogP contribution in [0.25, 0.3) is 16.6 Å². The van der Waals surface area contributed by atoms with Gasteiger partial charge in [-0.3, -0.25) is 0 Å². The number of anilines is 1. The van der Waals surface area contributed by atoms with Gasteiger partial charge in [0.05, 0.1) is 61.1 Å². The van der Waals surface area contributed by atoms with Crippen molar-refractivity contribution in [3.8, 4) is 0 Å². The highest BCUT2D eigenvalue weighted by Crippen LogP contribution is 2.36. The van der Waals surface area contributed by atoms with Crippen molar-refractivity contribution in [2.75, 3.05) is 32.1 Å². The smallest absolute Gasteiger partial charge is 0.229 e. The zero-order valence-electron chi connectivity index (χ0n) is 23.7. The summed E-state index contributed by atoms with van der Waals surface area (Å²) in [5.74, 6) is 1.44. The van der Waals surface area contributed by atoms with Crippen molar-refractivity contribution < 1.29 is 9.47 Å². The predicted molar refractivity (Wildman–Crippen MR) is 156 cm³/mol. The molecule has 2 N–H and O–H groups in total. The molecule has 0 spiro atoms. The number of aromatic nitrogens is 2. The fraction of sp³-hybridized carbons (Fsp3) is 0.467. The minimum atomic E-state index is 0.301. The third-order valence-electron chi connectivity index (χ3n) is 6.42.